The highest BCUT2D eigenvalue weighted by atomic mass is 32.2. The lowest BCUT2D eigenvalue weighted by Crippen LogP contribution is -2.43. The fourth-order valence-corrected chi connectivity index (χ4v) is 6.73. The fraction of sp³-hybridized carbons (Fsp3) is 0.320. The Morgan fingerprint density at radius 2 is 1.88 bits per heavy atom. The van der Waals surface area contributed by atoms with Crippen LogP contribution in [0, 0.1) is 6.92 Å². The Bertz CT molecular complexity index is 1760. The average Bonchev–Trinajstić information content (AvgIpc) is 3.61. The molecule has 228 valence electrons. The first kappa shape index (κ1) is 30.2. The number of hydrogen-bond donors (Lipinski definition) is 3. The molecule has 0 bridgehead atoms. The number of sulfonamides is 1. The number of alkyl halides is 3. The number of urea groups is 1. The summed E-state index contributed by atoms with van der Waals surface area (Å²) < 4.78 is 68.4. The Kier molecular flexibility index (Phi) is 7.55. The van der Waals surface area contributed by atoms with E-state index in [2.05, 4.69) is 20.0 Å². The number of anilines is 3. The molecular weight excluding hydrogens is 615 g/mol. The summed E-state index contributed by atoms with van der Waals surface area (Å²) in [5, 5.41) is 12.5. The van der Waals surface area contributed by atoms with Crippen LogP contribution < -0.4 is 14.9 Å². The minimum Gasteiger partial charge on any atom is -0.465 e. The second-order valence-electron chi connectivity index (χ2n) is 9.67. The van der Waals surface area contributed by atoms with E-state index in [1.165, 1.54) is 17.0 Å². The van der Waals surface area contributed by atoms with E-state index < -0.39 is 51.7 Å². The molecule has 1 fully saturated rings. The van der Waals surface area contributed by atoms with E-state index in [9.17, 15) is 36.0 Å². The van der Waals surface area contributed by atoms with Gasteiger partial charge in [0.05, 0.1) is 27.6 Å². The molecule has 3 N–H and O–H groups in total. The number of thiazole rings is 1. The van der Waals surface area contributed by atoms with Crippen LogP contribution >= 0.6 is 11.3 Å². The highest BCUT2D eigenvalue weighted by Crippen LogP contribution is 2.41. The SMILES string of the molecule is CNS(=O)(=O)c1cc(-c2sc(Nc3cccc(N4CCN(C(=O)O)C4=O)n3)nc2C)cc2c1C(=O)N(C(C)C(F)(F)F)C2. The number of carbonyl (C=O) groups is 3. The number of rotatable bonds is 7. The van der Waals surface area contributed by atoms with Crippen molar-refractivity contribution < 1.29 is 41.1 Å². The van der Waals surface area contributed by atoms with Gasteiger partial charge in [-0.2, -0.15) is 13.2 Å². The molecule has 4 heterocycles. The predicted octanol–water partition coefficient (Wildman–Crippen LogP) is 3.99. The van der Waals surface area contributed by atoms with Gasteiger partial charge in [0.2, 0.25) is 10.0 Å². The molecule has 18 heteroatoms. The van der Waals surface area contributed by atoms with E-state index in [1.807, 2.05) is 0 Å². The largest absolute Gasteiger partial charge is 0.465 e. The van der Waals surface area contributed by atoms with Crippen LogP contribution in [0.15, 0.2) is 35.2 Å². The summed E-state index contributed by atoms with van der Waals surface area (Å²) in [6.45, 7) is 2.19. The summed E-state index contributed by atoms with van der Waals surface area (Å²) in [7, 11) is -3.11. The topological polar surface area (TPSA) is 165 Å². The molecule has 43 heavy (non-hydrogen) atoms. The molecule has 1 unspecified atom stereocenters. The Morgan fingerprint density at radius 3 is 2.51 bits per heavy atom. The maximum Gasteiger partial charge on any atom is 0.415 e. The quantitative estimate of drug-likeness (QED) is 0.347. The van der Waals surface area contributed by atoms with Gasteiger partial charge in [-0.1, -0.05) is 17.4 Å². The number of nitrogens with one attached hydrogen (secondary N) is 2. The number of carbonyl (C=O) groups excluding carboxylic acids is 2. The second kappa shape index (κ2) is 10.8. The number of aryl methyl sites for hydroxylation is 1. The molecular formula is C25H24F3N7O6S2. The Morgan fingerprint density at radius 1 is 1.16 bits per heavy atom. The van der Waals surface area contributed by atoms with Gasteiger partial charge in [0.15, 0.2) is 5.13 Å². The molecule has 0 aliphatic carbocycles. The number of pyridine rings is 1. The summed E-state index contributed by atoms with van der Waals surface area (Å²) in [4.78, 5) is 48.1. The number of aromatic nitrogens is 2. The molecule has 13 nitrogen and oxygen atoms in total. The Balaban J connectivity index is 1.47. The maximum atomic E-state index is 13.5. The first-order valence-electron chi connectivity index (χ1n) is 12.6. The highest BCUT2D eigenvalue weighted by molar-refractivity contribution is 7.89. The Hall–Kier alpha value is -4.29. The number of fused-ring (bicyclic) bond motifs is 1. The van der Waals surface area contributed by atoms with Gasteiger partial charge < -0.3 is 15.3 Å². The molecule has 5 rings (SSSR count). The maximum absolute atomic E-state index is 13.5. The number of benzene rings is 1. The number of nitrogens with zero attached hydrogens (tertiary/aromatic N) is 5. The smallest absolute Gasteiger partial charge is 0.415 e. The summed E-state index contributed by atoms with van der Waals surface area (Å²) >= 11 is 1.11. The van der Waals surface area contributed by atoms with Crippen molar-refractivity contribution in [3.05, 3.63) is 47.2 Å². The molecule has 3 aromatic rings. The van der Waals surface area contributed by atoms with Gasteiger partial charge in [-0.3, -0.25) is 9.69 Å². The van der Waals surface area contributed by atoms with Gasteiger partial charge in [-0.15, -0.1) is 0 Å². The van der Waals surface area contributed by atoms with Crippen molar-refractivity contribution in [2.45, 2.75) is 37.5 Å². The van der Waals surface area contributed by atoms with Crippen molar-refractivity contribution in [2.75, 3.05) is 30.4 Å². The molecule has 2 aromatic heterocycles. The monoisotopic (exact) mass is 639 g/mol. The molecule has 2 aliphatic rings. The highest BCUT2D eigenvalue weighted by Gasteiger charge is 2.46. The molecule has 0 radical (unpaired) electrons. The zero-order chi connectivity index (χ0) is 31.4. The molecule has 4 amide bonds. The average molecular weight is 640 g/mol. The van der Waals surface area contributed by atoms with Gasteiger partial charge in [0.1, 0.15) is 17.7 Å². The van der Waals surface area contributed by atoms with Gasteiger partial charge in [-0.25, -0.2) is 37.6 Å². The van der Waals surface area contributed by atoms with Gasteiger partial charge >= 0.3 is 18.3 Å². The lowest BCUT2D eigenvalue weighted by molar-refractivity contribution is -0.172. The lowest BCUT2D eigenvalue weighted by Gasteiger charge is -2.26. The lowest BCUT2D eigenvalue weighted by atomic mass is 10.0. The van der Waals surface area contributed by atoms with Gasteiger partial charge in [0, 0.05) is 13.1 Å². The van der Waals surface area contributed by atoms with Crippen molar-refractivity contribution in [1.82, 2.24) is 24.5 Å². The number of hydrogen-bond acceptors (Lipinski definition) is 9. The second-order valence-corrected chi connectivity index (χ2v) is 12.5. The van der Waals surface area contributed by atoms with Crippen LogP contribution in [0.25, 0.3) is 10.4 Å². The minimum atomic E-state index is -4.71. The van der Waals surface area contributed by atoms with Gasteiger partial charge in [-0.05, 0) is 56.3 Å². The number of imide groups is 1. The zero-order valence-electron chi connectivity index (χ0n) is 22.8. The standard InChI is InChI=1S/C25H24F3N7O6S2/c1-12-20(42-22(30-12)32-17-5-4-6-18(31-17)33-7-8-34(23(33)37)24(38)39)14-9-15-11-35(13(2)25(26,27)28)21(36)19(15)16(10-14)43(40,41)29-3/h4-6,9-10,13,29H,7-8,11H2,1-3H3,(H,38,39)(H,30,31,32). The molecule has 1 aromatic carbocycles. The third-order valence-corrected chi connectivity index (χ3v) is 9.60. The van der Waals surface area contributed by atoms with Crippen LogP contribution in [0.2, 0.25) is 0 Å². The predicted molar refractivity (Wildman–Crippen MR) is 149 cm³/mol. The zero-order valence-corrected chi connectivity index (χ0v) is 24.4. The van der Waals surface area contributed by atoms with E-state index in [0.717, 1.165) is 25.3 Å². The first-order chi connectivity index (χ1) is 20.1. The van der Waals surface area contributed by atoms with Gasteiger partial charge in [0.25, 0.3) is 5.91 Å². The van der Waals surface area contributed by atoms with E-state index in [1.54, 1.807) is 25.1 Å². The third-order valence-electron chi connectivity index (χ3n) is 7.04. The number of halogens is 3. The Labute approximate surface area is 247 Å². The van der Waals surface area contributed by atoms with E-state index >= 15 is 0 Å². The van der Waals surface area contributed by atoms with E-state index in [0.29, 0.717) is 31.1 Å². The van der Waals surface area contributed by atoms with Crippen molar-refractivity contribution in [3.8, 4) is 10.4 Å². The normalized spacial score (nSPS) is 16.2. The molecule has 0 spiro atoms. The van der Waals surface area contributed by atoms with Crippen LogP contribution in [-0.2, 0) is 16.6 Å². The van der Waals surface area contributed by atoms with Crippen molar-refractivity contribution in [3.63, 3.8) is 0 Å². The number of amides is 4. The van der Waals surface area contributed by atoms with Crippen LogP contribution in [0.1, 0.15) is 28.5 Å². The summed E-state index contributed by atoms with van der Waals surface area (Å²) in [5.74, 6) is -0.526. The van der Waals surface area contributed by atoms with E-state index in [4.69, 9.17) is 5.11 Å². The summed E-state index contributed by atoms with van der Waals surface area (Å²) in [6, 6.07) is 4.63. The summed E-state index contributed by atoms with van der Waals surface area (Å²) in [5.41, 5.74) is 0.625. The van der Waals surface area contributed by atoms with Crippen LogP contribution in [0.4, 0.5) is 39.5 Å². The number of carboxylic acid groups (broad SMARTS) is 1. The van der Waals surface area contributed by atoms with Crippen LogP contribution in [0.3, 0.4) is 0 Å². The molecule has 2 aliphatic heterocycles. The van der Waals surface area contributed by atoms with Crippen LogP contribution in [0.5, 0.6) is 0 Å². The van der Waals surface area contributed by atoms with Crippen molar-refractivity contribution in [2.24, 2.45) is 0 Å². The summed E-state index contributed by atoms with van der Waals surface area (Å²) in [6.07, 6.45) is -6.07. The fourth-order valence-electron chi connectivity index (χ4n) is 4.78. The minimum absolute atomic E-state index is 0.00689. The molecule has 1 saturated heterocycles. The molecule has 0 saturated carbocycles. The first-order valence-corrected chi connectivity index (χ1v) is 14.9. The molecule has 1 atom stereocenters. The van der Waals surface area contributed by atoms with E-state index in [-0.39, 0.29) is 35.9 Å². The van der Waals surface area contributed by atoms with Crippen LogP contribution in [-0.4, -0.2) is 83.7 Å². The van der Waals surface area contributed by atoms with Crippen molar-refractivity contribution >= 4 is 56.2 Å². The van der Waals surface area contributed by atoms with Crippen molar-refractivity contribution in [1.29, 1.82) is 0 Å². The third kappa shape index (κ3) is 5.48.